The highest BCUT2D eigenvalue weighted by Crippen LogP contribution is 2.22. The summed E-state index contributed by atoms with van der Waals surface area (Å²) >= 11 is 0. The van der Waals surface area contributed by atoms with E-state index in [0.29, 0.717) is 6.54 Å². The van der Waals surface area contributed by atoms with Gasteiger partial charge in [0, 0.05) is 6.61 Å². The first-order chi connectivity index (χ1) is 6.66. The zero-order valence-electron chi connectivity index (χ0n) is 9.62. The van der Waals surface area contributed by atoms with Crippen LogP contribution in [-0.2, 0) is 4.89 Å². The molecule has 4 heteroatoms. The van der Waals surface area contributed by atoms with Crippen molar-refractivity contribution in [3.63, 3.8) is 0 Å². The summed E-state index contributed by atoms with van der Waals surface area (Å²) in [5.74, 6) is 0. The van der Waals surface area contributed by atoms with E-state index in [-0.39, 0.29) is 19.6 Å². The quantitative estimate of drug-likeness (QED) is 0.477. The Labute approximate surface area is 94.4 Å². The van der Waals surface area contributed by atoms with Crippen LogP contribution in [0.5, 0.6) is 0 Å². The fourth-order valence-electron chi connectivity index (χ4n) is 1.03. The monoisotopic (exact) mass is 223 g/mol. The van der Waals surface area contributed by atoms with Gasteiger partial charge in [-0.15, -0.1) is 0 Å². The number of rotatable bonds is 6. The summed E-state index contributed by atoms with van der Waals surface area (Å²) in [5, 5.41) is 16.5. The number of hydrogen-bond acceptors (Lipinski definition) is 4. The van der Waals surface area contributed by atoms with Crippen molar-refractivity contribution >= 4 is 0 Å². The Kier molecular flexibility index (Phi) is 18.7. The van der Waals surface area contributed by atoms with E-state index in [9.17, 15) is 0 Å². The van der Waals surface area contributed by atoms with Crippen LogP contribution in [-0.4, -0.2) is 29.1 Å². The van der Waals surface area contributed by atoms with Gasteiger partial charge in [-0.1, -0.05) is 28.2 Å². The number of aliphatic hydroxyl groups is 1. The van der Waals surface area contributed by atoms with Crippen LogP contribution in [0.2, 0.25) is 0 Å². The highest BCUT2D eigenvalue weighted by molar-refractivity contribution is 4.73. The summed E-state index contributed by atoms with van der Waals surface area (Å²) in [6.07, 6.45) is 3.34. The van der Waals surface area contributed by atoms with Crippen LogP contribution < -0.4 is 5.73 Å². The molecule has 0 radical (unpaired) electrons. The van der Waals surface area contributed by atoms with Crippen molar-refractivity contribution in [1.29, 1.82) is 0 Å². The Morgan fingerprint density at radius 1 is 1.13 bits per heavy atom. The standard InChI is InChI=1S/C7H16O2.C3H9NO.CH4/c1-4-7(5-2,6-3)9-8;4-2-1-3-5;/h8H,4-6H2,1-3H3;5H,1-4H2;1H4. The van der Waals surface area contributed by atoms with E-state index < -0.39 is 0 Å². The Balaban J connectivity index is -0.000000208. The Bertz CT molecular complexity index is 86.5. The second kappa shape index (κ2) is 13.8. The van der Waals surface area contributed by atoms with Crippen LogP contribution >= 0.6 is 0 Å². The van der Waals surface area contributed by atoms with Gasteiger partial charge >= 0.3 is 0 Å². The SMILES string of the molecule is C.CCC(CC)(CC)OO.NCCCO. The third kappa shape index (κ3) is 10.1. The third-order valence-corrected chi connectivity index (χ3v) is 2.49. The van der Waals surface area contributed by atoms with Crippen molar-refractivity contribution in [1.82, 2.24) is 0 Å². The summed E-state index contributed by atoms with van der Waals surface area (Å²) in [4.78, 5) is 4.39. The summed E-state index contributed by atoms with van der Waals surface area (Å²) in [5.41, 5.74) is 4.70. The molecule has 0 rings (SSSR count). The maximum atomic E-state index is 8.48. The maximum Gasteiger partial charge on any atom is 0.103 e. The molecular weight excluding hydrogens is 194 g/mol. The molecule has 96 valence electrons. The molecule has 4 N–H and O–H groups in total. The van der Waals surface area contributed by atoms with Gasteiger partial charge in [-0.25, -0.2) is 4.89 Å². The minimum Gasteiger partial charge on any atom is -0.396 e. The molecule has 0 aliphatic carbocycles. The molecule has 0 bridgehead atoms. The molecule has 0 aromatic heterocycles. The summed E-state index contributed by atoms with van der Waals surface area (Å²) < 4.78 is 0. The molecule has 0 amide bonds. The summed E-state index contributed by atoms with van der Waals surface area (Å²) in [6, 6.07) is 0. The van der Waals surface area contributed by atoms with Gasteiger partial charge in [-0.3, -0.25) is 5.26 Å². The molecule has 15 heavy (non-hydrogen) atoms. The lowest BCUT2D eigenvalue weighted by atomic mass is 9.95. The molecule has 0 unspecified atom stereocenters. The lowest BCUT2D eigenvalue weighted by Crippen LogP contribution is -2.28. The number of aliphatic hydroxyl groups excluding tert-OH is 1. The molecule has 0 heterocycles. The van der Waals surface area contributed by atoms with E-state index in [1.807, 2.05) is 20.8 Å². The predicted octanol–water partition coefficient (Wildman–Crippen LogP) is 2.41. The predicted molar refractivity (Wildman–Crippen MR) is 64.8 cm³/mol. The van der Waals surface area contributed by atoms with E-state index in [1.54, 1.807) is 0 Å². The van der Waals surface area contributed by atoms with Crippen molar-refractivity contribution in [2.75, 3.05) is 13.2 Å². The molecule has 0 spiro atoms. The molecule has 0 saturated heterocycles. The fourth-order valence-corrected chi connectivity index (χ4v) is 1.03. The molecular formula is C11H29NO3. The Morgan fingerprint density at radius 3 is 1.53 bits per heavy atom. The number of hydrogen-bond donors (Lipinski definition) is 3. The summed E-state index contributed by atoms with van der Waals surface area (Å²) in [7, 11) is 0. The Hall–Kier alpha value is -0.160. The Morgan fingerprint density at radius 2 is 1.53 bits per heavy atom. The van der Waals surface area contributed by atoms with Gasteiger partial charge in [0.05, 0.1) is 0 Å². The molecule has 0 atom stereocenters. The van der Waals surface area contributed by atoms with Crippen molar-refractivity contribution in [2.24, 2.45) is 5.73 Å². The van der Waals surface area contributed by atoms with Crippen LogP contribution in [0.3, 0.4) is 0 Å². The van der Waals surface area contributed by atoms with Crippen LogP contribution in [0.25, 0.3) is 0 Å². The van der Waals surface area contributed by atoms with Crippen LogP contribution in [0.1, 0.15) is 53.9 Å². The summed E-state index contributed by atoms with van der Waals surface area (Å²) in [6.45, 7) is 6.86. The van der Waals surface area contributed by atoms with Gasteiger partial charge in [0.2, 0.25) is 0 Å². The van der Waals surface area contributed by atoms with Crippen molar-refractivity contribution in [3.8, 4) is 0 Å². The molecule has 0 aromatic rings. The molecule has 4 nitrogen and oxygen atoms in total. The maximum absolute atomic E-state index is 8.48. The zero-order valence-corrected chi connectivity index (χ0v) is 9.62. The van der Waals surface area contributed by atoms with E-state index in [2.05, 4.69) is 4.89 Å². The minimum atomic E-state index is -0.278. The van der Waals surface area contributed by atoms with Crippen LogP contribution in [0.4, 0.5) is 0 Å². The highest BCUT2D eigenvalue weighted by atomic mass is 17.1. The second-order valence-corrected chi connectivity index (χ2v) is 3.20. The largest absolute Gasteiger partial charge is 0.396 e. The fraction of sp³-hybridized carbons (Fsp3) is 1.00. The molecule has 0 aromatic carbocycles. The smallest absolute Gasteiger partial charge is 0.103 e. The lowest BCUT2D eigenvalue weighted by molar-refractivity contribution is -0.326. The van der Waals surface area contributed by atoms with E-state index in [1.165, 1.54) is 0 Å². The number of nitrogens with two attached hydrogens (primary N) is 1. The minimum absolute atomic E-state index is 0. The molecule has 0 fully saturated rings. The highest BCUT2D eigenvalue weighted by Gasteiger charge is 2.24. The second-order valence-electron chi connectivity index (χ2n) is 3.20. The third-order valence-electron chi connectivity index (χ3n) is 2.49. The van der Waals surface area contributed by atoms with E-state index >= 15 is 0 Å². The zero-order chi connectivity index (χ0) is 11.4. The van der Waals surface area contributed by atoms with Gasteiger partial charge in [-0.2, -0.15) is 0 Å². The van der Waals surface area contributed by atoms with E-state index in [4.69, 9.17) is 16.1 Å². The first-order valence-electron chi connectivity index (χ1n) is 5.29. The van der Waals surface area contributed by atoms with Crippen molar-refractivity contribution in [3.05, 3.63) is 0 Å². The van der Waals surface area contributed by atoms with Gasteiger partial charge in [0.25, 0.3) is 0 Å². The lowest BCUT2D eigenvalue weighted by Gasteiger charge is -2.25. The average molecular weight is 223 g/mol. The first-order valence-corrected chi connectivity index (χ1v) is 5.29. The van der Waals surface area contributed by atoms with E-state index in [0.717, 1.165) is 25.7 Å². The van der Waals surface area contributed by atoms with Gasteiger partial charge in [-0.05, 0) is 32.2 Å². The topological polar surface area (TPSA) is 75.7 Å². The van der Waals surface area contributed by atoms with Crippen LogP contribution in [0.15, 0.2) is 0 Å². The van der Waals surface area contributed by atoms with Crippen LogP contribution in [0, 0.1) is 0 Å². The van der Waals surface area contributed by atoms with Gasteiger partial charge < -0.3 is 10.8 Å². The average Bonchev–Trinajstić information content (AvgIpc) is 2.24. The van der Waals surface area contributed by atoms with Crippen molar-refractivity contribution < 1.29 is 15.3 Å². The van der Waals surface area contributed by atoms with Crippen molar-refractivity contribution in [2.45, 2.75) is 59.5 Å². The molecule has 0 aliphatic heterocycles. The van der Waals surface area contributed by atoms with Gasteiger partial charge in [0.15, 0.2) is 0 Å². The molecule has 0 aliphatic rings. The molecule has 0 saturated carbocycles. The normalized spacial score (nSPS) is 10.0. The van der Waals surface area contributed by atoms with Gasteiger partial charge in [0.1, 0.15) is 5.60 Å². The first kappa shape index (κ1) is 20.3.